The third kappa shape index (κ3) is 4.02. The average Bonchev–Trinajstić information content (AvgIpc) is 3.08. The number of benzene rings is 1. The van der Waals surface area contributed by atoms with Crippen molar-refractivity contribution in [3.63, 3.8) is 0 Å². The van der Waals surface area contributed by atoms with Crippen molar-refractivity contribution in [2.75, 3.05) is 37.6 Å². The molecule has 2 aliphatic rings. The molecule has 0 radical (unpaired) electrons. The van der Waals surface area contributed by atoms with E-state index in [1.54, 1.807) is 0 Å². The number of aromatic nitrogens is 2. The lowest BCUT2D eigenvalue weighted by Gasteiger charge is -2.36. The van der Waals surface area contributed by atoms with Crippen LogP contribution in [-0.2, 0) is 11.3 Å². The first-order valence-electron chi connectivity index (χ1n) is 9.65. The summed E-state index contributed by atoms with van der Waals surface area (Å²) in [5.41, 5.74) is 2.21. The molecule has 148 valence electrons. The summed E-state index contributed by atoms with van der Waals surface area (Å²) < 4.78 is 0. The number of rotatable bonds is 4. The monoisotopic (exact) mass is 399 g/mol. The van der Waals surface area contributed by atoms with Gasteiger partial charge in [-0.25, -0.2) is 9.97 Å². The maximum Gasteiger partial charge on any atom is 0.244 e. The van der Waals surface area contributed by atoms with Gasteiger partial charge in [-0.15, -0.1) is 9.24 Å². The Morgan fingerprint density at radius 3 is 2.54 bits per heavy atom. The maximum absolute atomic E-state index is 13.0. The van der Waals surface area contributed by atoms with Gasteiger partial charge < -0.3 is 10.0 Å². The molecule has 1 amide bonds. The van der Waals surface area contributed by atoms with E-state index in [9.17, 15) is 9.90 Å². The summed E-state index contributed by atoms with van der Waals surface area (Å²) in [6.45, 7) is 7.01. The van der Waals surface area contributed by atoms with Crippen molar-refractivity contribution in [2.45, 2.75) is 25.9 Å². The Balaban J connectivity index is 1.34. The van der Waals surface area contributed by atoms with Crippen molar-refractivity contribution in [3.05, 3.63) is 42.0 Å². The molecule has 2 aliphatic heterocycles. The normalized spacial score (nSPS) is 21.4. The standard InChI is InChI=1S/C20H26N5O2P/c1-14-2-3-15(10-18(14)28)25-5-4-17(20(25)27)24-8-6-23(7-9-24)13-19-21-11-16(26)12-22-19/h2-3,10-12,17,26H,4-9,13,28H2,1H3. The van der Waals surface area contributed by atoms with Gasteiger partial charge in [-0.1, -0.05) is 6.07 Å². The molecule has 0 aliphatic carbocycles. The molecular formula is C20H26N5O2P. The van der Waals surface area contributed by atoms with Gasteiger partial charge in [0, 0.05) is 38.4 Å². The van der Waals surface area contributed by atoms with Crippen molar-refractivity contribution in [3.8, 4) is 5.75 Å². The molecule has 28 heavy (non-hydrogen) atoms. The van der Waals surface area contributed by atoms with Crippen LogP contribution in [0, 0.1) is 6.92 Å². The second-order valence-corrected chi connectivity index (χ2v) is 8.13. The molecule has 2 unspecified atom stereocenters. The quantitative estimate of drug-likeness (QED) is 0.771. The Bertz CT molecular complexity index is 852. The molecule has 2 fully saturated rings. The van der Waals surface area contributed by atoms with Crippen LogP contribution in [0.4, 0.5) is 5.69 Å². The van der Waals surface area contributed by atoms with Gasteiger partial charge in [0.05, 0.1) is 25.0 Å². The molecule has 3 heterocycles. The third-order valence-corrected chi connectivity index (χ3v) is 6.28. The molecule has 7 nitrogen and oxygen atoms in total. The van der Waals surface area contributed by atoms with Gasteiger partial charge in [0.2, 0.25) is 5.91 Å². The first kappa shape index (κ1) is 19.2. The van der Waals surface area contributed by atoms with Gasteiger partial charge in [-0.05, 0) is 36.3 Å². The Morgan fingerprint density at radius 1 is 1.14 bits per heavy atom. The van der Waals surface area contributed by atoms with Crippen LogP contribution in [-0.4, -0.2) is 69.5 Å². The Kier molecular flexibility index (Phi) is 5.58. The number of aryl methyl sites for hydroxylation is 1. The molecule has 1 N–H and O–H groups in total. The number of anilines is 1. The summed E-state index contributed by atoms with van der Waals surface area (Å²) in [6.07, 6.45) is 3.73. The first-order chi connectivity index (χ1) is 13.5. The fraction of sp³-hybridized carbons (Fsp3) is 0.450. The molecule has 0 spiro atoms. The minimum Gasteiger partial charge on any atom is -0.505 e. The van der Waals surface area contributed by atoms with Gasteiger partial charge in [0.25, 0.3) is 0 Å². The summed E-state index contributed by atoms with van der Waals surface area (Å²) in [5, 5.41) is 10.4. The lowest BCUT2D eigenvalue weighted by atomic mass is 10.1. The molecule has 2 saturated heterocycles. The summed E-state index contributed by atoms with van der Waals surface area (Å²) in [4.78, 5) is 27.9. The number of hydrogen-bond donors (Lipinski definition) is 1. The summed E-state index contributed by atoms with van der Waals surface area (Å²) in [7, 11) is 2.75. The second-order valence-electron chi connectivity index (χ2n) is 7.50. The van der Waals surface area contributed by atoms with Crippen LogP contribution in [0.1, 0.15) is 17.8 Å². The van der Waals surface area contributed by atoms with Crippen molar-refractivity contribution in [1.29, 1.82) is 0 Å². The molecule has 1 aromatic carbocycles. The zero-order valence-corrected chi connectivity index (χ0v) is 17.2. The van der Waals surface area contributed by atoms with Crippen molar-refractivity contribution in [2.24, 2.45) is 0 Å². The van der Waals surface area contributed by atoms with Crippen molar-refractivity contribution >= 4 is 26.1 Å². The van der Waals surface area contributed by atoms with E-state index in [0.29, 0.717) is 12.4 Å². The van der Waals surface area contributed by atoms with E-state index < -0.39 is 0 Å². The predicted octanol–water partition coefficient (Wildman–Crippen LogP) is 0.914. The van der Waals surface area contributed by atoms with Crippen LogP contribution in [0.3, 0.4) is 0 Å². The number of aromatic hydroxyl groups is 1. The zero-order valence-electron chi connectivity index (χ0n) is 16.1. The Labute approximate surface area is 167 Å². The molecule has 4 rings (SSSR count). The Morgan fingerprint density at radius 2 is 1.86 bits per heavy atom. The van der Waals surface area contributed by atoms with Gasteiger partial charge in [0.15, 0.2) is 5.75 Å². The van der Waals surface area contributed by atoms with Gasteiger partial charge >= 0.3 is 0 Å². The second kappa shape index (κ2) is 8.11. The van der Waals surface area contributed by atoms with E-state index in [2.05, 4.69) is 48.1 Å². The summed E-state index contributed by atoms with van der Waals surface area (Å²) in [5.74, 6) is 1.01. The fourth-order valence-electron chi connectivity index (χ4n) is 3.92. The first-order valence-corrected chi connectivity index (χ1v) is 10.2. The van der Waals surface area contributed by atoms with Gasteiger partial charge in [-0.2, -0.15) is 0 Å². The summed E-state index contributed by atoms with van der Waals surface area (Å²) >= 11 is 0. The highest BCUT2D eigenvalue weighted by atomic mass is 31.0. The molecule has 2 aromatic rings. The molecule has 0 bridgehead atoms. The van der Waals surface area contributed by atoms with E-state index in [1.165, 1.54) is 18.0 Å². The van der Waals surface area contributed by atoms with Crippen LogP contribution in [0.15, 0.2) is 30.6 Å². The van der Waals surface area contributed by atoms with Gasteiger partial charge in [0.1, 0.15) is 5.82 Å². The van der Waals surface area contributed by atoms with Crippen LogP contribution < -0.4 is 10.2 Å². The number of piperazine rings is 1. The number of carbonyl (C=O) groups excluding carboxylic acids is 1. The van der Waals surface area contributed by atoms with Gasteiger partial charge in [-0.3, -0.25) is 14.6 Å². The highest BCUT2D eigenvalue weighted by Gasteiger charge is 2.37. The number of amides is 1. The minimum atomic E-state index is -0.0265. The highest BCUT2D eigenvalue weighted by molar-refractivity contribution is 7.27. The Hall–Kier alpha value is -2.08. The summed E-state index contributed by atoms with van der Waals surface area (Å²) in [6, 6.07) is 6.17. The lowest BCUT2D eigenvalue weighted by molar-refractivity contribution is -0.122. The van der Waals surface area contributed by atoms with Crippen LogP contribution in [0.2, 0.25) is 0 Å². The SMILES string of the molecule is Cc1ccc(N2CCC(N3CCN(Cc4ncc(O)cn4)CC3)C2=O)cc1P. The number of carbonyl (C=O) groups is 1. The van der Waals surface area contributed by atoms with Crippen LogP contribution in [0.25, 0.3) is 0 Å². The van der Waals surface area contributed by atoms with E-state index in [-0.39, 0.29) is 17.7 Å². The van der Waals surface area contributed by atoms with Crippen molar-refractivity contribution < 1.29 is 9.90 Å². The molecular weight excluding hydrogens is 373 g/mol. The van der Waals surface area contributed by atoms with E-state index in [1.807, 2.05) is 11.0 Å². The van der Waals surface area contributed by atoms with Crippen molar-refractivity contribution in [1.82, 2.24) is 19.8 Å². The molecule has 2 atom stereocenters. The van der Waals surface area contributed by atoms with E-state index in [0.717, 1.165) is 50.1 Å². The fourth-order valence-corrected chi connectivity index (χ4v) is 4.19. The molecule has 1 aromatic heterocycles. The largest absolute Gasteiger partial charge is 0.505 e. The zero-order chi connectivity index (χ0) is 19.7. The molecule has 0 saturated carbocycles. The smallest absolute Gasteiger partial charge is 0.244 e. The predicted molar refractivity (Wildman–Crippen MR) is 112 cm³/mol. The number of nitrogens with zero attached hydrogens (tertiary/aromatic N) is 5. The van der Waals surface area contributed by atoms with Crippen LogP contribution >= 0.6 is 9.24 Å². The third-order valence-electron chi connectivity index (χ3n) is 5.66. The van der Waals surface area contributed by atoms with E-state index >= 15 is 0 Å². The maximum atomic E-state index is 13.0. The lowest BCUT2D eigenvalue weighted by Crippen LogP contribution is -2.52. The van der Waals surface area contributed by atoms with Crippen LogP contribution in [0.5, 0.6) is 5.75 Å². The topological polar surface area (TPSA) is 72.8 Å². The highest BCUT2D eigenvalue weighted by Crippen LogP contribution is 2.25. The average molecular weight is 399 g/mol. The number of hydrogen-bond acceptors (Lipinski definition) is 6. The van der Waals surface area contributed by atoms with E-state index in [4.69, 9.17) is 0 Å². The minimum absolute atomic E-state index is 0.0265. The molecule has 8 heteroatoms.